The van der Waals surface area contributed by atoms with E-state index in [2.05, 4.69) is 5.32 Å². The lowest BCUT2D eigenvalue weighted by Gasteiger charge is -2.33. The topological polar surface area (TPSA) is 55.4 Å². The molecule has 1 fully saturated rings. The van der Waals surface area contributed by atoms with E-state index in [1.54, 1.807) is 30.3 Å². The van der Waals surface area contributed by atoms with Crippen LogP contribution in [0, 0.1) is 0 Å². The van der Waals surface area contributed by atoms with Gasteiger partial charge in [-0.25, -0.2) is 0 Å². The fourth-order valence-corrected chi connectivity index (χ4v) is 3.41. The zero-order valence-electron chi connectivity index (χ0n) is 15.3. The third-order valence-corrected chi connectivity index (χ3v) is 4.79. The predicted octanol–water partition coefficient (Wildman–Crippen LogP) is 5.63. The minimum absolute atomic E-state index is 0.0601. The highest BCUT2D eigenvalue weighted by atomic mass is 35.5. The summed E-state index contributed by atoms with van der Waals surface area (Å²) in [6.45, 7) is 1.23. The maximum atomic E-state index is 14.2. The third-order valence-electron chi connectivity index (χ3n) is 4.55. The summed E-state index contributed by atoms with van der Waals surface area (Å²) < 4.78 is 47.9. The van der Waals surface area contributed by atoms with E-state index in [1.165, 1.54) is 19.1 Å². The van der Waals surface area contributed by atoms with Crippen LogP contribution in [-0.2, 0) is 15.1 Å². The molecule has 8 heteroatoms. The molecule has 2 aromatic carbocycles. The summed E-state index contributed by atoms with van der Waals surface area (Å²) in [7, 11) is 0. The van der Waals surface area contributed by atoms with Gasteiger partial charge in [0.2, 0.25) is 5.60 Å². The van der Waals surface area contributed by atoms with Gasteiger partial charge < -0.3 is 10.1 Å². The number of halogens is 4. The van der Waals surface area contributed by atoms with Gasteiger partial charge >= 0.3 is 6.18 Å². The van der Waals surface area contributed by atoms with Crippen molar-refractivity contribution in [2.75, 3.05) is 5.32 Å². The van der Waals surface area contributed by atoms with Crippen molar-refractivity contribution in [3.8, 4) is 0 Å². The molecule has 0 aromatic heterocycles. The fraction of sp³-hybridized carbons (Fsp3) is 0.238. The van der Waals surface area contributed by atoms with Gasteiger partial charge in [-0.05, 0) is 37.3 Å². The van der Waals surface area contributed by atoms with Crippen molar-refractivity contribution in [2.45, 2.75) is 31.5 Å². The summed E-state index contributed by atoms with van der Waals surface area (Å²) >= 11 is 5.98. The molecular weight excluding hydrogens is 407 g/mol. The van der Waals surface area contributed by atoms with E-state index in [9.17, 15) is 22.8 Å². The number of hydrogen-bond donors (Lipinski definition) is 1. The number of allylic oxidation sites excluding steroid dienone is 2. The number of ether oxygens (including phenoxy) is 1. The molecule has 0 radical (unpaired) electrons. The lowest BCUT2D eigenvalue weighted by atomic mass is 9.88. The number of benzene rings is 2. The Bertz CT molecular complexity index is 973. The SMILES string of the molecule is CC(=O)/C=C1\CC[C@](c2cc(Cl)ccc2NC(=O)c2ccccc2)(C(F)(F)F)O1. The highest BCUT2D eigenvalue weighted by Gasteiger charge is 2.62. The van der Waals surface area contributed by atoms with Gasteiger partial charge in [0.1, 0.15) is 5.76 Å². The molecule has 2 aromatic rings. The molecule has 29 heavy (non-hydrogen) atoms. The maximum absolute atomic E-state index is 14.2. The second kappa shape index (κ2) is 7.91. The van der Waals surface area contributed by atoms with Crippen molar-refractivity contribution in [2.24, 2.45) is 0 Å². The Morgan fingerprint density at radius 2 is 1.86 bits per heavy atom. The van der Waals surface area contributed by atoms with E-state index in [4.69, 9.17) is 16.3 Å². The first kappa shape index (κ1) is 20.9. The van der Waals surface area contributed by atoms with Crippen LogP contribution >= 0.6 is 11.6 Å². The molecule has 1 aliphatic heterocycles. The van der Waals surface area contributed by atoms with E-state index in [0.717, 1.165) is 12.1 Å². The molecule has 0 spiro atoms. The van der Waals surface area contributed by atoms with Crippen LogP contribution in [0.25, 0.3) is 0 Å². The second-order valence-corrected chi connectivity index (χ2v) is 7.09. The van der Waals surface area contributed by atoms with Gasteiger partial charge in [-0.2, -0.15) is 13.2 Å². The second-order valence-electron chi connectivity index (χ2n) is 6.66. The molecule has 0 aliphatic carbocycles. The number of alkyl halides is 3. The highest BCUT2D eigenvalue weighted by Crippen LogP contribution is 2.54. The van der Waals surface area contributed by atoms with Crippen LogP contribution in [0.4, 0.5) is 18.9 Å². The zero-order valence-corrected chi connectivity index (χ0v) is 16.1. The molecule has 0 unspecified atom stereocenters. The molecule has 152 valence electrons. The lowest BCUT2D eigenvalue weighted by molar-refractivity contribution is -0.261. The zero-order chi connectivity index (χ0) is 21.2. The monoisotopic (exact) mass is 423 g/mol. The van der Waals surface area contributed by atoms with Crippen LogP contribution in [0.3, 0.4) is 0 Å². The Labute approximate surface area is 170 Å². The normalized spacial score (nSPS) is 20.4. The fourth-order valence-electron chi connectivity index (χ4n) is 3.24. The molecule has 1 N–H and O–H groups in total. The molecule has 4 nitrogen and oxygen atoms in total. The number of rotatable bonds is 4. The quantitative estimate of drug-likeness (QED) is 0.648. The molecule has 1 heterocycles. The minimum atomic E-state index is -4.81. The molecular formula is C21H17ClF3NO3. The first-order chi connectivity index (χ1) is 13.6. The maximum Gasteiger partial charge on any atom is 0.432 e. The summed E-state index contributed by atoms with van der Waals surface area (Å²) in [6.07, 6.45) is -4.28. The van der Waals surface area contributed by atoms with E-state index in [-0.39, 0.29) is 28.5 Å². The Morgan fingerprint density at radius 1 is 1.17 bits per heavy atom. The first-order valence-electron chi connectivity index (χ1n) is 8.76. The Kier molecular flexibility index (Phi) is 5.71. The number of amides is 1. The lowest BCUT2D eigenvalue weighted by Crippen LogP contribution is -2.42. The van der Waals surface area contributed by atoms with Gasteiger partial charge in [0, 0.05) is 40.8 Å². The largest absolute Gasteiger partial charge is 0.477 e. The van der Waals surface area contributed by atoms with Crippen molar-refractivity contribution in [3.63, 3.8) is 0 Å². The molecule has 3 rings (SSSR count). The standard InChI is InChI=1S/C21H17ClF3NO3/c1-13(27)11-16-9-10-20(29-16,21(23,24)25)17-12-15(22)7-8-18(17)26-19(28)14-5-3-2-4-6-14/h2-8,11-12H,9-10H2,1H3,(H,26,28)/b16-11+/t20-/m0/s1. The average molecular weight is 424 g/mol. The summed E-state index contributed by atoms with van der Waals surface area (Å²) in [5, 5.41) is 2.58. The van der Waals surface area contributed by atoms with Crippen molar-refractivity contribution in [1.82, 2.24) is 0 Å². The van der Waals surface area contributed by atoms with Gasteiger partial charge in [-0.3, -0.25) is 9.59 Å². The molecule has 1 atom stereocenters. The number of carbonyl (C=O) groups excluding carboxylic acids is 2. The number of hydrogen-bond acceptors (Lipinski definition) is 3. The molecule has 1 amide bonds. The number of ketones is 1. The molecule has 0 bridgehead atoms. The van der Waals surface area contributed by atoms with Gasteiger partial charge in [0.15, 0.2) is 5.78 Å². The third kappa shape index (κ3) is 4.29. The first-order valence-corrected chi connectivity index (χ1v) is 9.13. The van der Waals surface area contributed by atoms with E-state index < -0.39 is 29.9 Å². The van der Waals surface area contributed by atoms with Crippen LogP contribution in [-0.4, -0.2) is 17.9 Å². The number of anilines is 1. The average Bonchev–Trinajstić information content (AvgIpc) is 3.08. The number of carbonyl (C=O) groups is 2. The van der Waals surface area contributed by atoms with Crippen molar-refractivity contribution in [1.29, 1.82) is 0 Å². The molecule has 0 saturated carbocycles. The van der Waals surface area contributed by atoms with Crippen molar-refractivity contribution >= 4 is 29.0 Å². The van der Waals surface area contributed by atoms with E-state index >= 15 is 0 Å². The molecule has 1 saturated heterocycles. The highest BCUT2D eigenvalue weighted by molar-refractivity contribution is 6.30. The van der Waals surface area contributed by atoms with E-state index in [1.807, 2.05) is 0 Å². The summed E-state index contributed by atoms with van der Waals surface area (Å²) in [4.78, 5) is 23.8. The van der Waals surface area contributed by atoms with Gasteiger partial charge in [-0.1, -0.05) is 29.8 Å². The summed E-state index contributed by atoms with van der Waals surface area (Å²) in [5.41, 5.74) is -2.81. The van der Waals surface area contributed by atoms with Crippen molar-refractivity contribution < 1.29 is 27.5 Å². The molecule has 1 aliphatic rings. The van der Waals surface area contributed by atoms with Crippen LogP contribution in [0.2, 0.25) is 5.02 Å². The van der Waals surface area contributed by atoms with Crippen LogP contribution in [0.15, 0.2) is 60.4 Å². The van der Waals surface area contributed by atoms with Crippen LogP contribution in [0.1, 0.15) is 35.7 Å². The predicted molar refractivity (Wildman–Crippen MR) is 103 cm³/mol. The smallest absolute Gasteiger partial charge is 0.432 e. The van der Waals surface area contributed by atoms with Crippen LogP contribution < -0.4 is 5.32 Å². The summed E-state index contributed by atoms with van der Waals surface area (Å²) in [5.74, 6) is -1.04. The van der Waals surface area contributed by atoms with Crippen LogP contribution in [0.5, 0.6) is 0 Å². The Morgan fingerprint density at radius 3 is 2.48 bits per heavy atom. The van der Waals surface area contributed by atoms with Gasteiger partial charge in [0.05, 0.1) is 0 Å². The minimum Gasteiger partial charge on any atom is -0.477 e. The number of nitrogens with one attached hydrogen (secondary N) is 1. The van der Waals surface area contributed by atoms with Gasteiger partial charge in [0.25, 0.3) is 5.91 Å². The van der Waals surface area contributed by atoms with E-state index in [0.29, 0.717) is 5.56 Å². The van der Waals surface area contributed by atoms with Crippen molar-refractivity contribution in [3.05, 3.63) is 76.5 Å². The van der Waals surface area contributed by atoms with Gasteiger partial charge in [-0.15, -0.1) is 0 Å². The Hall–Kier alpha value is -2.80. The Balaban J connectivity index is 2.07. The summed E-state index contributed by atoms with van der Waals surface area (Å²) in [6, 6.07) is 11.9.